The normalized spacial score (nSPS) is 11.9. The Balaban J connectivity index is 3.00. The molecule has 1 aromatic carbocycles. The van der Waals surface area contributed by atoms with Crippen molar-refractivity contribution >= 4 is 17.3 Å². The van der Waals surface area contributed by atoms with Gasteiger partial charge in [-0.25, -0.2) is 0 Å². The number of anilines is 1. The van der Waals surface area contributed by atoms with Gasteiger partial charge in [-0.2, -0.15) is 0 Å². The summed E-state index contributed by atoms with van der Waals surface area (Å²) in [5.41, 5.74) is 6.43. The van der Waals surface area contributed by atoms with Crippen LogP contribution in [-0.2, 0) is 4.79 Å². The average Bonchev–Trinajstić information content (AvgIpc) is 2.27. The first-order chi connectivity index (χ1) is 7.95. The molecule has 0 fully saturated rings. The first kappa shape index (κ1) is 13.1. The van der Waals surface area contributed by atoms with Crippen molar-refractivity contribution in [3.63, 3.8) is 0 Å². The van der Waals surface area contributed by atoms with E-state index in [2.05, 4.69) is 5.32 Å². The lowest BCUT2D eigenvalue weighted by atomic mass is 10.1. The summed E-state index contributed by atoms with van der Waals surface area (Å²) in [4.78, 5) is 21.8. The third-order valence-corrected chi connectivity index (χ3v) is 2.38. The third kappa shape index (κ3) is 3.25. The Bertz CT molecular complexity index is 446. The largest absolute Gasteiger partial charge is 0.320 e. The number of nitrogens with zero attached hydrogens (tertiary/aromatic N) is 1. The second-order valence-corrected chi connectivity index (χ2v) is 3.78. The van der Waals surface area contributed by atoms with Gasteiger partial charge in [-0.3, -0.25) is 14.9 Å². The molecule has 3 N–H and O–H groups in total. The summed E-state index contributed by atoms with van der Waals surface area (Å²) in [6.45, 7) is 3.56. The van der Waals surface area contributed by atoms with E-state index in [0.717, 1.165) is 5.56 Å². The van der Waals surface area contributed by atoms with Crippen LogP contribution in [-0.4, -0.2) is 16.9 Å². The predicted molar refractivity (Wildman–Crippen MR) is 64.7 cm³/mol. The van der Waals surface area contributed by atoms with E-state index < -0.39 is 16.9 Å². The van der Waals surface area contributed by atoms with Gasteiger partial charge in [0.15, 0.2) is 0 Å². The number of carbonyl (C=O) groups excluding carboxylic acids is 1. The smallest absolute Gasteiger partial charge is 0.292 e. The van der Waals surface area contributed by atoms with E-state index in [9.17, 15) is 14.9 Å². The summed E-state index contributed by atoms with van der Waals surface area (Å²) >= 11 is 0. The van der Waals surface area contributed by atoms with Crippen LogP contribution in [0.1, 0.15) is 18.9 Å². The van der Waals surface area contributed by atoms with Gasteiger partial charge >= 0.3 is 0 Å². The number of nitro benzene ring substituents is 1. The Labute approximate surface area is 99.0 Å². The van der Waals surface area contributed by atoms with Crippen LogP contribution in [0.5, 0.6) is 0 Å². The molecule has 92 valence electrons. The Morgan fingerprint density at radius 3 is 2.76 bits per heavy atom. The number of nitro groups is 1. The zero-order chi connectivity index (χ0) is 13.0. The molecular formula is C11H15N3O3. The average molecular weight is 237 g/mol. The van der Waals surface area contributed by atoms with Gasteiger partial charge in [-0.15, -0.1) is 0 Å². The zero-order valence-corrected chi connectivity index (χ0v) is 9.77. The third-order valence-electron chi connectivity index (χ3n) is 2.38. The van der Waals surface area contributed by atoms with Crippen LogP contribution in [0.25, 0.3) is 0 Å². The quantitative estimate of drug-likeness (QED) is 0.613. The molecule has 0 unspecified atom stereocenters. The fourth-order valence-electron chi connectivity index (χ4n) is 1.32. The Morgan fingerprint density at radius 2 is 2.24 bits per heavy atom. The maximum atomic E-state index is 11.6. The van der Waals surface area contributed by atoms with Crippen molar-refractivity contribution in [2.45, 2.75) is 26.3 Å². The molecule has 1 amide bonds. The molecule has 0 aromatic heterocycles. The minimum absolute atomic E-state index is 0.132. The van der Waals surface area contributed by atoms with Crippen molar-refractivity contribution in [2.24, 2.45) is 5.73 Å². The van der Waals surface area contributed by atoms with Crippen LogP contribution < -0.4 is 11.1 Å². The lowest BCUT2D eigenvalue weighted by molar-refractivity contribution is -0.383. The van der Waals surface area contributed by atoms with E-state index in [1.165, 1.54) is 6.07 Å². The molecule has 0 spiro atoms. The molecule has 0 saturated heterocycles. The van der Waals surface area contributed by atoms with Crippen LogP contribution in [0.15, 0.2) is 18.2 Å². The maximum absolute atomic E-state index is 11.6. The molecule has 0 aliphatic carbocycles. The molecule has 6 nitrogen and oxygen atoms in total. The minimum Gasteiger partial charge on any atom is -0.320 e. The number of carbonyl (C=O) groups is 1. The van der Waals surface area contributed by atoms with Crippen LogP contribution in [0.4, 0.5) is 11.4 Å². The van der Waals surface area contributed by atoms with Gasteiger partial charge in [-0.1, -0.05) is 13.0 Å². The zero-order valence-electron chi connectivity index (χ0n) is 9.77. The molecule has 0 radical (unpaired) electrons. The summed E-state index contributed by atoms with van der Waals surface area (Å²) in [5.74, 6) is -0.416. The van der Waals surface area contributed by atoms with Gasteiger partial charge in [-0.05, 0) is 25.0 Å². The summed E-state index contributed by atoms with van der Waals surface area (Å²) < 4.78 is 0. The van der Waals surface area contributed by atoms with Gasteiger partial charge in [0.25, 0.3) is 5.69 Å². The molecule has 1 rings (SSSR count). The second-order valence-electron chi connectivity index (χ2n) is 3.78. The monoisotopic (exact) mass is 237 g/mol. The molecule has 17 heavy (non-hydrogen) atoms. The fraction of sp³-hybridized carbons (Fsp3) is 0.364. The van der Waals surface area contributed by atoms with E-state index in [-0.39, 0.29) is 11.4 Å². The summed E-state index contributed by atoms with van der Waals surface area (Å²) in [5, 5.41) is 13.3. The Kier molecular flexibility index (Phi) is 4.17. The molecule has 0 heterocycles. The Morgan fingerprint density at radius 1 is 1.59 bits per heavy atom. The molecule has 0 aliphatic rings. The number of hydrogen-bond donors (Lipinski definition) is 2. The van der Waals surface area contributed by atoms with Crippen LogP contribution in [0.2, 0.25) is 0 Å². The molecule has 1 atom stereocenters. The van der Waals surface area contributed by atoms with Gasteiger partial charge < -0.3 is 11.1 Å². The van der Waals surface area contributed by atoms with E-state index in [0.29, 0.717) is 6.42 Å². The first-order valence-electron chi connectivity index (χ1n) is 5.27. The number of rotatable bonds is 4. The highest BCUT2D eigenvalue weighted by atomic mass is 16.6. The van der Waals surface area contributed by atoms with E-state index in [1.807, 2.05) is 0 Å². The number of hydrogen-bond acceptors (Lipinski definition) is 4. The van der Waals surface area contributed by atoms with Gasteiger partial charge in [0.1, 0.15) is 5.69 Å². The molecule has 0 bridgehead atoms. The minimum atomic E-state index is -0.657. The molecular weight excluding hydrogens is 222 g/mol. The Hall–Kier alpha value is -1.95. The number of nitrogens with two attached hydrogens (primary N) is 1. The highest BCUT2D eigenvalue weighted by Gasteiger charge is 2.18. The lowest BCUT2D eigenvalue weighted by Gasteiger charge is -2.10. The highest BCUT2D eigenvalue weighted by Crippen LogP contribution is 2.25. The van der Waals surface area contributed by atoms with E-state index in [1.54, 1.807) is 26.0 Å². The molecule has 1 aromatic rings. The fourth-order valence-corrected chi connectivity index (χ4v) is 1.32. The lowest BCUT2D eigenvalue weighted by Crippen LogP contribution is -2.35. The molecule has 0 aliphatic heterocycles. The van der Waals surface area contributed by atoms with Gasteiger partial charge in [0, 0.05) is 6.07 Å². The number of benzene rings is 1. The van der Waals surface area contributed by atoms with Crippen molar-refractivity contribution in [3.8, 4) is 0 Å². The predicted octanol–water partition coefficient (Wildman–Crippen LogP) is 1.58. The van der Waals surface area contributed by atoms with Crippen molar-refractivity contribution in [1.82, 2.24) is 0 Å². The van der Waals surface area contributed by atoms with Gasteiger partial charge in [0.05, 0.1) is 11.0 Å². The van der Waals surface area contributed by atoms with Crippen LogP contribution in [0.3, 0.4) is 0 Å². The first-order valence-corrected chi connectivity index (χ1v) is 5.27. The van der Waals surface area contributed by atoms with Crippen molar-refractivity contribution < 1.29 is 9.72 Å². The van der Waals surface area contributed by atoms with E-state index in [4.69, 9.17) is 5.73 Å². The number of aryl methyl sites for hydroxylation is 1. The van der Waals surface area contributed by atoms with Crippen molar-refractivity contribution in [2.75, 3.05) is 5.32 Å². The van der Waals surface area contributed by atoms with Gasteiger partial charge in [0.2, 0.25) is 5.91 Å². The van der Waals surface area contributed by atoms with E-state index >= 15 is 0 Å². The molecule has 0 saturated carbocycles. The van der Waals surface area contributed by atoms with Crippen LogP contribution >= 0.6 is 0 Å². The summed E-state index contributed by atoms with van der Waals surface area (Å²) in [6, 6.07) is 3.88. The van der Waals surface area contributed by atoms with Crippen molar-refractivity contribution in [3.05, 3.63) is 33.9 Å². The topological polar surface area (TPSA) is 98.3 Å². The van der Waals surface area contributed by atoms with Crippen LogP contribution in [0, 0.1) is 17.0 Å². The summed E-state index contributed by atoms with van der Waals surface area (Å²) in [6.07, 6.45) is 0.478. The maximum Gasteiger partial charge on any atom is 0.292 e. The summed E-state index contributed by atoms with van der Waals surface area (Å²) in [7, 11) is 0. The SMILES string of the molecule is CC[C@@H](N)C(=O)Nc1cc(C)ccc1[N+](=O)[O-]. The second kappa shape index (κ2) is 5.40. The highest BCUT2D eigenvalue weighted by molar-refractivity contribution is 5.96. The number of amides is 1. The number of nitrogens with one attached hydrogen (secondary N) is 1. The molecule has 6 heteroatoms. The standard InChI is InChI=1S/C11H15N3O3/c1-3-8(12)11(15)13-9-6-7(2)4-5-10(9)14(16)17/h4-6,8H,3,12H2,1-2H3,(H,13,15)/t8-/m1/s1. The van der Waals surface area contributed by atoms with Crippen molar-refractivity contribution in [1.29, 1.82) is 0 Å².